The molecule has 6 nitrogen and oxygen atoms in total. The number of hydrogen-bond donors (Lipinski definition) is 0. The highest BCUT2D eigenvalue weighted by molar-refractivity contribution is 6.65. The number of nitrogens with zero attached hydrogens (tertiary/aromatic N) is 2. The number of hydrogen-bond acceptors (Lipinski definition) is 4. The van der Waals surface area contributed by atoms with Crippen LogP contribution in [0.1, 0.15) is 55.5 Å². The van der Waals surface area contributed by atoms with Crippen LogP contribution < -0.4 is 0 Å². The molecule has 0 amide bonds. The van der Waals surface area contributed by atoms with E-state index in [4.69, 9.17) is 0 Å². The van der Waals surface area contributed by atoms with Crippen molar-refractivity contribution in [1.29, 1.82) is 0 Å². The lowest BCUT2D eigenvalue weighted by molar-refractivity contribution is -0.385. The van der Waals surface area contributed by atoms with E-state index in [0.717, 1.165) is 11.1 Å². The van der Waals surface area contributed by atoms with Gasteiger partial charge in [0.25, 0.3) is 11.4 Å². The summed E-state index contributed by atoms with van der Waals surface area (Å²) in [6.07, 6.45) is 7.21. The average Bonchev–Trinajstić information content (AvgIpc) is 2.68. The number of fused-ring (bicyclic) bond motifs is 2. The monoisotopic (exact) mass is 378 g/mol. The van der Waals surface area contributed by atoms with Gasteiger partial charge in [0.1, 0.15) is 0 Å². The van der Waals surface area contributed by atoms with Crippen molar-refractivity contribution in [2.75, 3.05) is 0 Å². The number of nitro benzene ring substituents is 2. The van der Waals surface area contributed by atoms with Crippen molar-refractivity contribution in [3.8, 4) is 0 Å². The topological polar surface area (TPSA) is 86.3 Å². The van der Waals surface area contributed by atoms with Crippen LogP contribution in [0.15, 0.2) is 48.5 Å². The van der Waals surface area contributed by atoms with Gasteiger partial charge >= 0.3 is 0 Å². The van der Waals surface area contributed by atoms with Gasteiger partial charge in [-0.3, -0.25) is 20.2 Å². The fourth-order valence-electron chi connectivity index (χ4n) is 5.57. The lowest BCUT2D eigenvalue weighted by Crippen LogP contribution is -2.40. The molecule has 0 spiro atoms. The van der Waals surface area contributed by atoms with Gasteiger partial charge in [-0.1, -0.05) is 74.4 Å². The minimum atomic E-state index is -0.365. The minimum Gasteiger partial charge on any atom is -0.258 e. The SMILES string of the molecule is O=[N+]([O-])c1cccc(C(B2C3CCCC2CCC3)c2cccc([N+](=O)[O-])c2)c1. The van der Waals surface area contributed by atoms with Crippen molar-refractivity contribution in [2.24, 2.45) is 0 Å². The number of benzene rings is 2. The smallest absolute Gasteiger partial charge is 0.258 e. The van der Waals surface area contributed by atoms with Crippen LogP contribution in [0.3, 0.4) is 0 Å². The molecule has 2 aromatic carbocycles. The summed E-state index contributed by atoms with van der Waals surface area (Å²) in [5.74, 6) is 1.11. The Bertz CT molecular complexity index is 824. The number of rotatable bonds is 5. The highest BCUT2D eigenvalue weighted by Crippen LogP contribution is 2.52. The highest BCUT2D eigenvalue weighted by Gasteiger charge is 2.45. The normalized spacial score (nSPS) is 21.5. The van der Waals surface area contributed by atoms with Gasteiger partial charge in [-0.05, 0) is 16.9 Å². The van der Waals surface area contributed by atoms with Crippen molar-refractivity contribution in [3.05, 3.63) is 79.9 Å². The first-order chi connectivity index (χ1) is 13.5. The van der Waals surface area contributed by atoms with Crippen LogP contribution in [-0.4, -0.2) is 16.6 Å². The summed E-state index contributed by atoms with van der Waals surface area (Å²) in [7, 11) is 0. The molecule has 0 atom stereocenters. The van der Waals surface area contributed by atoms with Crippen LogP contribution in [0.2, 0.25) is 11.6 Å². The first kappa shape index (κ1) is 18.7. The third kappa shape index (κ3) is 3.53. The van der Waals surface area contributed by atoms with Crippen molar-refractivity contribution in [2.45, 2.75) is 56.0 Å². The van der Waals surface area contributed by atoms with E-state index in [1.54, 1.807) is 24.3 Å². The fourth-order valence-corrected chi connectivity index (χ4v) is 5.57. The molecular formula is C21H23BN2O4. The Morgan fingerprint density at radius 2 is 1.21 bits per heavy atom. The largest absolute Gasteiger partial charge is 0.269 e. The zero-order chi connectivity index (χ0) is 19.7. The summed E-state index contributed by atoms with van der Waals surface area (Å²) in [5, 5.41) is 22.7. The Labute approximate surface area is 164 Å². The molecule has 28 heavy (non-hydrogen) atoms. The number of non-ortho nitro benzene ring substituents is 2. The maximum absolute atomic E-state index is 11.3. The first-order valence-corrected chi connectivity index (χ1v) is 10.0. The van der Waals surface area contributed by atoms with Crippen LogP contribution in [0.5, 0.6) is 0 Å². The molecule has 4 rings (SSSR count). The van der Waals surface area contributed by atoms with Gasteiger partial charge in [0.15, 0.2) is 6.71 Å². The van der Waals surface area contributed by atoms with Crippen LogP contribution in [0.4, 0.5) is 11.4 Å². The average molecular weight is 378 g/mol. The molecule has 2 bridgehead atoms. The van der Waals surface area contributed by atoms with Gasteiger partial charge in [-0.25, -0.2) is 0 Å². The van der Waals surface area contributed by atoms with Crippen LogP contribution in [0, 0.1) is 20.2 Å². The van der Waals surface area contributed by atoms with Crippen molar-refractivity contribution in [3.63, 3.8) is 0 Å². The second-order valence-electron chi connectivity index (χ2n) is 8.14. The van der Waals surface area contributed by atoms with E-state index in [2.05, 4.69) is 0 Å². The van der Waals surface area contributed by atoms with Crippen LogP contribution in [-0.2, 0) is 0 Å². The molecule has 2 aliphatic heterocycles. The van der Waals surface area contributed by atoms with E-state index >= 15 is 0 Å². The Hall–Kier alpha value is -2.70. The summed E-state index contributed by atoms with van der Waals surface area (Å²) in [6.45, 7) is 0.381. The zero-order valence-corrected chi connectivity index (χ0v) is 15.7. The van der Waals surface area contributed by atoms with Gasteiger partial charge in [0.05, 0.1) is 9.85 Å². The Morgan fingerprint density at radius 1 is 0.786 bits per heavy atom. The molecule has 2 saturated heterocycles. The van der Waals surface area contributed by atoms with Gasteiger partial charge in [-0.2, -0.15) is 0 Å². The summed E-state index contributed by atoms with van der Waals surface area (Å²) < 4.78 is 0. The fraction of sp³-hybridized carbons (Fsp3) is 0.429. The van der Waals surface area contributed by atoms with Gasteiger partial charge in [0, 0.05) is 24.3 Å². The lowest BCUT2D eigenvalue weighted by Gasteiger charge is -2.44. The van der Waals surface area contributed by atoms with Gasteiger partial charge in [0.2, 0.25) is 0 Å². The predicted octanol–water partition coefficient (Wildman–Crippen LogP) is 5.78. The molecule has 7 heteroatoms. The Kier molecular flexibility index (Phi) is 5.16. The molecule has 0 aliphatic carbocycles. The maximum atomic E-state index is 11.3. The molecule has 2 aromatic rings. The van der Waals surface area contributed by atoms with E-state index in [-0.39, 0.29) is 27.0 Å². The van der Waals surface area contributed by atoms with Crippen molar-refractivity contribution >= 4 is 18.1 Å². The van der Waals surface area contributed by atoms with E-state index in [1.165, 1.54) is 50.7 Å². The molecular weight excluding hydrogens is 355 g/mol. The Balaban J connectivity index is 1.84. The first-order valence-electron chi connectivity index (χ1n) is 10.0. The van der Waals surface area contributed by atoms with E-state index < -0.39 is 0 Å². The summed E-state index contributed by atoms with van der Waals surface area (Å²) >= 11 is 0. The third-order valence-electron chi connectivity index (χ3n) is 6.65. The molecule has 144 valence electrons. The molecule has 0 aromatic heterocycles. The minimum absolute atomic E-state index is 0.0459. The second-order valence-corrected chi connectivity index (χ2v) is 8.14. The van der Waals surface area contributed by atoms with E-state index in [9.17, 15) is 20.2 Å². The van der Waals surface area contributed by atoms with Crippen LogP contribution >= 0.6 is 0 Å². The third-order valence-corrected chi connectivity index (χ3v) is 6.65. The van der Waals surface area contributed by atoms with Gasteiger partial charge in [-0.15, -0.1) is 0 Å². The lowest BCUT2D eigenvalue weighted by atomic mass is 9.21. The zero-order valence-electron chi connectivity index (χ0n) is 15.7. The Morgan fingerprint density at radius 3 is 1.61 bits per heavy atom. The van der Waals surface area contributed by atoms with Crippen molar-refractivity contribution < 1.29 is 9.85 Å². The van der Waals surface area contributed by atoms with E-state index in [1.807, 2.05) is 12.1 Å². The van der Waals surface area contributed by atoms with E-state index in [0.29, 0.717) is 18.3 Å². The van der Waals surface area contributed by atoms with Gasteiger partial charge < -0.3 is 0 Å². The molecule has 2 heterocycles. The summed E-state index contributed by atoms with van der Waals surface area (Å²) in [6, 6.07) is 13.7. The highest BCUT2D eigenvalue weighted by atomic mass is 16.6. The predicted molar refractivity (Wildman–Crippen MR) is 109 cm³/mol. The summed E-state index contributed by atoms with van der Waals surface area (Å²) in [5.41, 5.74) is 1.96. The quantitative estimate of drug-likeness (QED) is 0.375. The molecule has 0 saturated carbocycles. The molecule has 0 unspecified atom stereocenters. The molecule has 2 aliphatic rings. The molecule has 0 radical (unpaired) electrons. The second kappa shape index (κ2) is 7.74. The summed E-state index contributed by atoms with van der Waals surface area (Å²) in [4.78, 5) is 22.0. The number of nitro groups is 2. The molecule has 2 fully saturated rings. The standard InChI is InChI=1S/C21H23BN2O4/c25-23(26)19-11-1-5-15(13-19)21(16-6-2-12-20(14-16)24(27)28)22-17-7-3-8-18(22)10-4-9-17/h1-2,5-6,11-14,17-18,21H,3-4,7-10H2. The molecule has 0 N–H and O–H groups in total. The van der Waals surface area contributed by atoms with Crippen LogP contribution in [0.25, 0.3) is 0 Å². The maximum Gasteiger partial charge on any atom is 0.269 e. The van der Waals surface area contributed by atoms with Crippen molar-refractivity contribution in [1.82, 2.24) is 0 Å².